The molecule has 0 saturated heterocycles. The van der Waals surface area contributed by atoms with Crippen LogP contribution >= 0.6 is 11.6 Å². The van der Waals surface area contributed by atoms with Crippen LogP contribution in [-0.2, 0) is 12.9 Å². The van der Waals surface area contributed by atoms with Gasteiger partial charge >= 0.3 is 0 Å². The number of aryl methyl sites for hydroxylation is 2. The molecular weight excluding hydrogens is 256 g/mol. The fourth-order valence-corrected chi connectivity index (χ4v) is 2.27. The quantitative estimate of drug-likeness (QED) is 0.476. The molecular formula is C12H11ClN2O3. The molecule has 1 aromatic carbocycles. The van der Waals surface area contributed by atoms with Crippen LogP contribution in [-0.4, -0.2) is 9.49 Å². The van der Waals surface area contributed by atoms with E-state index in [2.05, 4.69) is 0 Å². The molecule has 0 amide bonds. The highest BCUT2D eigenvalue weighted by molar-refractivity contribution is 6.18. The number of hydrogen-bond donors (Lipinski definition) is 0. The highest BCUT2D eigenvalue weighted by Gasteiger charge is 2.20. The van der Waals surface area contributed by atoms with Gasteiger partial charge in [0.05, 0.1) is 15.8 Å². The van der Waals surface area contributed by atoms with Crippen LogP contribution in [0.2, 0.25) is 0 Å². The van der Waals surface area contributed by atoms with E-state index in [9.17, 15) is 14.9 Å². The minimum atomic E-state index is -0.432. The Morgan fingerprint density at radius 3 is 2.67 bits per heavy atom. The first-order valence-corrected chi connectivity index (χ1v) is 5.83. The Hall–Kier alpha value is -1.88. The van der Waals surface area contributed by atoms with Crippen LogP contribution in [0.4, 0.5) is 5.69 Å². The number of benzene rings is 1. The molecule has 0 aliphatic rings. The van der Waals surface area contributed by atoms with Crippen LogP contribution in [0.1, 0.15) is 11.1 Å². The second-order valence-corrected chi connectivity index (χ2v) is 4.35. The topological polar surface area (TPSA) is 65.1 Å². The zero-order valence-corrected chi connectivity index (χ0v) is 10.7. The predicted octanol–water partition coefficient (Wildman–Crippen LogP) is 2.49. The van der Waals surface area contributed by atoms with Crippen molar-refractivity contribution in [1.82, 2.24) is 4.57 Å². The third-order valence-corrected chi connectivity index (χ3v) is 3.28. The lowest BCUT2D eigenvalue weighted by atomic mass is 10.0. The fraction of sp³-hybridized carbons (Fsp3) is 0.250. The van der Waals surface area contributed by atoms with Gasteiger partial charge in [-0.2, -0.15) is 0 Å². The summed E-state index contributed by atoms with van der Waals surface area (Å²) in [4.78, 5) is 22.5. The van der Waals surface area contributed by atoms with Gasteiger partial charge in [-0.25, -0.2) is 0 Å². The van der Waals surface area contributed by atoms with Crippen molar-refractivity contribution in [3.8, 4) is 0 Å². The molecule has 0 spiro atoms. The summed E-state index contributed by atoms with van der Waals surface area (Å²) in [5.41, 5.74) is 1.35. The van der Waals surface area contributed by atoms with Gasteiger partial charge in [-0.1, -0.05) is 6.07 Å². The Bertz CT molecular complexity index is 707. The number of halogens is 1. The Morgan fingerprint density at radius 1 is 1.44 bits per heavy atom. The highest BCUT2D eigenvalue weighted by Crippen LogP contribution is 2.31. The molecule has 2 rings (SSSR count). The molecule has 0 N–H and O–H groups in total. The normalized spacial score (nSPS) is 10.8. The Labute approximate surface area is 108 Å². The molecule has 5 nitrogen and oxygen atoms in total. The average Bonchev–Trinajstić information content (AvgIpc) is 2.32. The van der Waals surface area contributed by atoms with E-state index in [-0.39, 0.29) is 17.1 Å². The van der Waals surface area contributed by atoms with Crippen molar-refractivity contribution in [3.05, 3.63) is 49.8 Å². The molecule has 94 valence electrons. The first-order chi connectivity index (χ1) is 8.47. The van der Waals surface area contributed by atoms with Crippen molar-refractivity contribution in [3.63, 3.8) is 0 Å². The van der Waals surface area contributed by atoms with E-state index in [1.165, 1.54) is 10.6 Å². The lowest BCUT2D eigenvalue weighted by Crippen LogP contribution is -2.17. The van der Waals surface area contributed by atoms with Crippen LogP contribution in [0.25, 0.3) is 10.9 Å². The second kappa shape index (κ2) is 4.42. The Morgan fingerprint density at radius 2 is 2.11 bits per heavy atom. The zero-order chi connectivity index (χ0) is 13.4. The predicted molar refractivity (Wildman–Crippen MR) is 70.1 cm³/mol. The molecule has 1 aromatic heterocycles. The molecule has 1 heterocycles. The third kappa shape index (κ3) is 1.76. The van der Waals surface area contributed by atoms with Crippen LogP contribution in [0.5, 0.6) is 0 Å². The number of nitro benzene ring substituents is 1. The fourth-order valence-electron chi connectivity index (χ4n) is 2.06. The zero-order valence-electron chi connectivity index (χ0n) is 9.94. The van der Waals surface area contributed by atoms with E-state index in [4.69, 9.17) is 11.6 Å². The minimum Gasteiger partial charge on any atom is -0.311 e. The molecule has 2 aromatic rings. The number of pyridine rings is 1. The third-order valence-electron chi connectivity index (χ3n) is 2.99. The van der Waals surface area contributed by atoms with Crippen LogP contribution in [0.3, 0.4) is 0 Å². The maximum Gasteiger partial charge on any atom is 0.281 e. The number of alkyl halides is 1. The summed E-state index contributed by atoms with van der Waals surface area (Å²) in [6.07, 6.45) is 0. The number of nitrogens with zero attached hydrogens (tertiary/aromatic N) is 2. The SMILES string of the molecule is Cc1ccc2c(c(CCl)cc(=O)n2C)c1[N+](=O)[O-]. The summed E-state index contributed by atoms with van der Waals surface area (Å²) in [5.74, 6) is 0.0663. The van der Waals surface area contributed by atoms with Gasteiger partial charge in [0.25, 0.3) is 11.2 Å². The maximum atomic E-state index is 11.7. The minimum absolute atomic E-state index is 0.0127. The van der Waals surface area contributed by atoms with Gasteiger partial charge in [0, 0.05) is 24.6 Å². The molecule has 6 heteroatoms. The van der Waals surface area contributed by atoms with Crippen molar-refractivity contribution in [2.24, 2.45) is 7.05 Å². The van der Waals surface area contributed by atoms with E-state index < -0.39 is 4.92 Å². The first-order valence-electron chi connectivity index (χ1n) is 5.30. The largest absolute Gasteiger partial charge is 0.311 e. The molecule has 18 heavy (non-hydrogen) atoms. The van der Waals surface area contributed by atoms with Crippen molar-refractivity contribution in [2.45, 2.75) is 12.8 Å². The van der Waals surface area contributed by atoms with Crippen LogP contribution in [0, 0.1) is 17.0 Å². The van der Waals surface area contributed by atoms with Crippen molar-refractivity contribution < 1.29 is 4.92 Å². The summed E-state index contributed by atoms with van der Waals surface area (Å²) in [7, 11) is 1.59. The van der Waals surface area contributed by atoms with Crippen molar-refractivity contribution in [2.75, 3.05) is 0 Å². The van der Waals surface area contributed by atoms with E-state index in [0.29, 0.717) is 22.0 Å². The van der Waals surface area contributed by atoms with Gasteiger partial charge < -0.3 is 4.57 Å². The van der Waals surface area contributed by atoms with Gasteiger partial charge in [0.2, 0.25) is 0 Å². The van der Waals surface area contributed by atoms with Crippen molar-refractivity contribution >= 4 is 28.2 Å². The molecule has 0 atom stereocenters. The summed E-state index contributed by atoms with van der Waals surface area (Å²) in [6, 6.07) is 4.69. The first kappa shape index (κ1) is 12.6. The lowest BCUT2D eigenvalue weighted by Gasteiger charge is -2.10. The Balaban J connectivity index is 3.09. The van der Waals surface area contributed by atoms with E-state index in [1.54, 1.807) is 26.1 Å². The van der Waals surface area contributed by atoms with Crippen LogP contribution < -0.4 is 5.56 Å². The average molecular weight is 267 g/mol. The van der Waals surface area contributed by atoms with Crippen LogP contribution in [0.15, 0.2) is 23.0 Å². The molecule has 0 unspecified atom stereocenters. The molecule has 0 aliphatic heterocycles. The highest BCUT2D eigenvalue weighted by atomic mass is 35.5. The molecule has 0 fully saturated rings. The van der Waals surface area contributed by atoms with Gasteiger partial charge in [-0.05, 0) is 18.6 Å². The van der Waals surface area contributed by atoms with Gasteiger partial charge in [0.1, 0.15) is 0 Å². The van der Waals surface area contributed by atoms with Gasteiger partial charge in [0.15, 0.2) is 0 Å². The van der Waals surface area contributed by atoms with E-state index in [0.717, 1.165) is 0 Å². The summed E-state index contributed by atoms with van der Waals surface area (Å²) < 4.78 is 1.39. The number of nitro groups is 1. The van der Waals surface area contributed by atoms with Crippen molar-refractivity contribution in [1.29, 1.82) is 0 Å². The van der Waals surface area contributed by atoms with Gasteiger partial charge in [-0.15, -0.1) is 11.6 Å². The summed E-state index contributed by atoms with van der Waals surface area (Å²) in [5, 5.41) is 11.6. The number of aromatic nitrogens is 1. The van der Waals surface area contributed by atoms with E-state index >= 15 is 0 Å². The number of hydrogen-bond acceptors (Lipinski definition) is 3. The molecule has 0 aliphatic carbocycles. The monoisotopic (exact) mass is 266 g/mol. The second-order valence-electron chi connectivity index (χ2n) is 4.08. The number of fused-ring (bicyclic) bond motifs is 1. The standard InChI is InChI=1S/C12H11ClN2O3/c1-7-3-4-9-11(12(7)15(17)18)8(6-13)5-10(16)14(9)2/h3-5H,6H2,1-2H3. The lowest BCUT2D eigenvalue weighted by molar-refractivity contribution is -0.383. The molecule has 0 bridgehead atoms. The Kier molecular flexibility index (Phi) is 3.09. The summed E-state index contributed by atoms with van der Waals surface area (Å²) in [6.45, 7) is 1.67. The number of rotatable bonds is 2. The smallest absolute Gasteiger partial charge is 0.281 e. The maximum absolute atomic E-state index is 11.7. The summed E-state index contributed by atoms with van der Waals surface area (Å²) >= 11 is 5.79. The van der Waals surface area contributed by atoms with Gasteiger partial charge in [-0.3, -0.25) is 14.9 Å². The van der Waals surface area contributed by atoms with E-state index in [1.807, 2.05) is 0 Å². The molecule has 0 saturated carbocycles. The molecule has 0 radical (unpaired) electrons.